The molecule has 1 heterocycles. The lowest BCUT2D eigenvalue weighted by Crippen LogP contribution is -2.47. The van der Waals surface area contributed by atoms with Crippen LogP contribution < -0.4 is 0 Å². The number of carboxylic acid groups (broad SMARTS) is 1. The molecule has 19 heavy (non-hydrogen) atoms. The van der Waals surface area contributed by atoms with Crippen LogP contribution >= 0.6 is 0 Å². The fourth-order valence-electron chi connectivity index (χ4n) is 2.76. The molecule has 0 unspecified atom stereocenters. The van der Waals surface area contributed by atoms with Crippen LogP contribution in [-0.4, -0.2) is 35.6 Å². The molecule has 1 N–H and O–H groups in total. The number of nitrogens with zero attached hydrogens (tertiary/aromatic N) is 1. The molecule has 1 aliphatic rings. The number of hydrogen-bond donors (Lipinski definition) is 1. The molecule has 102 valence electrons. The minimum atomic E-state index is -0.701. The number of carbonyl (C=O) groups is 1. The van der Waals surface area contributed by atoms with Crippen molar-refractivity contribution in [2.75, 3.05) is 19.6 Å². The molecule has 0 atom stereocenters. The van der Waals surface area contributed by atoms with Crippen molar-refractivity contribution in [1.29, 1.82) is 0 Å². The second-order valence-electron chi connectivity index (χ2n) is 5.12. The summed E-state index contributed by atoms with van der Waals surface area (Å²) in [5.74, 6) is -0.690. The van der Waals surface area contributed by atoms with Crippen LogP contribution in [0.5, 0.6) is 0 Å². The second kappa shape index (κ2) is 6.02. The number of likely N-dealkylation sites (tertiary alicyclic amines) is 1. The Bertz CT molecular complexity index is 445. The van der Waals surface area contributed by atoms with Gasteiger partial charge in [-0.3, -0.25) is 9.69 Å². The van der Waals surface area contributed by atoms with Gasteiger partial charge >= 0.3 is 5.97 Å². The number of aliphatic carboxylic acids is 1. The molecule has 1 fully saturated rings. The van der Waals surface area contributed by atoms with E-state index in [-0.39, 0.29) is 0 Å². The monoisotopic (exact) mass is 259 g/mol. The summed E-state index contributed by atoms with van der Waals surface area (Å²) in [6.07, 6.45) is 5.53. The zero-order chi connectivity index (χ0) is 13.7. The molecule has 3 heteroatoms. The third-order valence-corrected chi connectivity index (χ3v) is 4.04. The first-order chi connectivity index (χ1) is 9.19. The van der Waals surface area contributed by atoms with E-state index in [9.17, 15) is 9.90 Å². The van der Waals surface area contributed by atoms with Gasteiger partial charge in [-0.2, -0.15) is 0 Å². The number of piperidine rings is 1. The van der Waals surface area contributed by atoms with E-state index in [2.05, 4.69) is 11.0 Å². The Morgan fingerprint density at radius 1 is 1.32 bits per heavy atom. The molecular formula is C16H21NO2. The Morgan fingerprint density at radius 3 is 2.47 bits per heavy atom. The zero-order valence-electron chi connectivity index (χ0n) is 11.4. The average molecular weight is 259 g/mol. The molecular weight excluding hydrogens is 238 g/mol. The molecule has 3 nitrogen and oxygen atoms in total. The van der Waals surface area contributed by atoms with Crippen LogP contribution in [0.25, 0.3) is 0 Å². The Hall–Kier alpha value is -1.61. The molecule has 1 saturated heterocycles. The zero-order valence-corrected chi connectivity index (χ0v) is 11.4. The van der Waals surface area contributed by atoms with Crippen LogP contribution in [0.1, 0.15) is 25.3 Å². The Labute approximate surface area is 114 Å². The summed E-state index contributed by atoms with van der Waals surface area (Å²) < 4.78 is 0. The molecule has 0 amide bonds. The van der Waals surface area contributed by atoms with Crippen LogP contribution in [-0.2, 0) is 10.2 Å². The van der Waals surface area contributed by atoms with Crippen LogP contribution in [0, 0.1) is 0 Å². The van der Waals surface area contributed by atoms with E-state index in [1.165, 1.54) is 0 Å². The van der Waals surface area contributed by atoms with E-state index in [1.807, 2.05) is 43.3 Å². The van der Waals surface area contributed by atoms with E-state index < -0.39 is 11.4 Å². The Balaban J connectivity index is 2.14. The van der Waals surface area contributed by atoms with E-state index in [1.54, 1.807) is 0 Å². The highest BCUT2D eigenvalue weighted by Gasteiger charge is 2.42. The highest BCUT2D eigenvalue weighted by atomic mass is 16.4. The molecule has 1 aromatic carbocycles. The number of carboxylic acids is 1. The highest BCUT2D eigenvalue weighted by molar-refractivity contribution is 5.81. The minimum absolute atomic E-state index is 0.684. The minimum Gasteiger partial charge on any atom is -0.481 e. The molecule has 0 saturated carbocycles. The first-order valence-electron chi connectivity index (χ1n) is 6.81. The maximum Gasteiger partial charge on any atom is 0.314 e. The van der Waals surface area contributed by atoms with E-state index in [0.29, 0.717) is 12.8 Å². The molecule has 0 bridgehead atoms. The van der Waals surface area contributed by atoms with Crippen molar-refractivity contribution in [2.24, 2.45) is 0 Å². The Morgan fingerprint density at radius 2 is 1.95 bits per heavy atom. The van der Waals surface area contributed by atoms with Crippen LogP contribution in [0.2, 0.25) is 0 Å². The SMILES string of the molecule is CC=CCN1CCC(C(=O)O)(c2ccccc2)CC1. The quantitative estimate of drug-likeness (QED) is 0.845. The number of allylic oxidation sites excluding steroid dienone is 1. The lowest BCUT2D eigenvalue weighted by molar-refractivity contribution is -0.145. The molecule has 1 aliphatic heterocycles. The van der Waals surface area contributed by atoms with Crippen LogP contribution in [0.3, 0.4) is 0 Å². The van der Waals surface area contributed by atoms with Crippen LogP contribution in [0.15, 0.2) is 42.5 Å². The first kappa shape index (κ1) is 13.8. The second-order valence-corrected chi connectivity index (χ2v) is 5.12. The van der Waals surface area contributed by atoms with E-state index >= 15 is 0 Å². The normalized spacial score (nSPS) is 19.6. The first-order valence-corrected chi connectivity index (χ1v) is 6.81. The molecule has 0 aromatic heterocycles. The van der Waals surface area contributed by atoms with Crippen LogP contribution in [0.4, 0.5) is 0 Å². The smallest absolute Gasteiger partial charge is 0.314 e. The van der Waals surface area contributed by atoms with Gasteiger partial charge in [0, 0.05) is 6.54 Å². The van der Waals surface area contributed by atoms with Crippen molar-refractivity contribution in [3.05, 3.63) is 48.0 Å². The largest absolute Gasteiger partial charge is 0.481 e. The lowest BCUT2D eigenvalue weighted by Gasteiger charge is -2.38. The van der Waals surface area contributed by atoms with Gasteiger partial charge in [0.05, 0.1) is 5.41 Å². The van der Waals surface area contributed by atoms with Gasteiger partial charge in [0.2, 0.25) is 0 Å². The number of hydrogen-bond acceptors (Lipinski definition) is 2. The molecule has 1 aromatic rings. The van der Waals surface area contributed by atoms with Crippen molar-refractivity contribution < 1.29 is 9.90 Å². The molecule has 0 radical (unpaired) electrons. The predicted octanol–water partition coefficient (Wildman–Crippen LogP) is 2.68. The van der Waals surface area contributed by atoms with Gasteiger partial charge in [-0.05, 0) is 38.4 Å². The highest BCUT2D eigenvalue weighted by Crippen LogP contribution is 2.35. The maximum atomic E-state index is 11.8. The average Bonchev–Trinajstić information content (AvgIpc) is 2.46. The van der Waals surface area contributed by atoms with Gasteiger partial charge < -0.3 is 5.11 Å². The van der Waals surface area contributed by atoms with E-state index in [0.717, 1.165) is 25.2 Å². The summed E-state index contributed by atoms with van der Waals surface area (Å²) in [7, 11) is 0. The summed E-state index contributed by atoms with van der Waals surface area (Å²) in [6.45, 7) is 4.60. The van der Waals surface area contributed by atoms with Gasteiger partial charge in [-0.25, -0.2) is 0 Å². The molecule has 2 rings (SSSR count). The fourth-order valence-corrected chi connectivity index (χ4v) is 2.76. The lowest BCUT2D eigenvalue weighted by atomic mass is 9.73. The predicted molar refractivity (Wildman–Crippen MR) is 76.2 cm³/mol. The maximum absolute atomic E-state index is 11.8. The summed E-state index contributed by atoms with van der Waals surface area (Å²) in [6, 6.07) is 9.66. The van der Waals surface area contributed by atoms with Gasteiger partial charge in [-0.15, -0.1) is 0 Å². The third kappa shape index (κ3) is 2.87. The van der Waals surface area contributed by atoms with Crippen molar-refractivity contribution in [1.82, 2.24) is 4.90 Å². The summed E-state index contributed by atoms with van der Waals surface area (Å²) in [4.78, 5) is 14.1. The van der Waals surface area contributed by atoms with Gasteiger partial charge in [0.1, 0.15) is 0 Å². The van der Waals surface area contributed by atoms with Crippen molar-refractivity contribution in [3.63, 3.8) is 0 Å². The third-order valence-electron chi connectivity index (χ3n) is 4.04. The van der Waals surface area contributed by atoms with Gasteiger partial charge in [-0.1, -0.05) is 42.5 Å². The van der Waals surface area contributed by atoms with Gasteiger partial charge in [0.15, 0.2) is 0 Å². The van der Waals surface area contributed by atoms with Crippen molar-refractivity contribution >= 4 is 5.97 Å². The number of benzene rings is 1. The number of rotatable bonds is 4. The molecule has 0 aliphatic carbocycles. The summed E-state index contributed by atoms with van der Waals surface area (Å²) >= 11 is 0. The van der Waals surface area contributed by atoms with Gasteiger partial charge in [0.25, 0.3) is 0 Å². The van der Waals surface area contributed by atoms with E-state index in [4.69, 9.17) is 0 Å². The standard InChI is InChI=1S/C16H21NO2/c1-2-3-11-17-12-9-16(10-13-17,15(18)19)14-7-5-4-6-8-14/h2-8H,9-13H2,1H3,(H,18,19). The summed E-state index contributed by atoms with van der Waals surface area (Å²) in [5, 5.41) is 9.67. The van der Waals surface area contributed by atoms with Crippen molar-refractivity contribution in [2.45, 2.75) is 25.2 Å². The van der Waals surface area contributed by atoms with Crippen molar-refractivity contribution in [3.8, 4) is 0 Å². The summed E-state index contributed by atoms with van der Waals surface area (Å²) in [5.41, 5.74) is 0.237. The molecule has 0 spiro atoms. The fraction of sp³-hybridized carbons (Fsp3) is 0.438. The topological polar surface area (TPSA) is 40.5 Å². The Kier molecular flexibility index (Phi) is 4.38.